The summed E-state index contributed by atoms with van der Waals surface area (Å²) in [6, 6.07) is 11.7. The van der Waals surface area contributed by atoms with Crippen LogP contribution in [0.15, 0.2) is 47.4 Å². The molecule has 0 spiro atoms. The van der Waals surface area contributed by atoms with Crippen molar-refractivity contribution in [1.29, 1.82) is 0 Å². The molecule has 0 atom stereocenters. The van der Waals surface area contributed by atoms with Gasteiger partial charge < -0.3 is 20.0 Å². The highest BCUT2D eigenvalue weighted by molar-refractivity contribution is 7.89. The maximum absolute atomic E-state index is 15.4. The van der Waals surface area contributed by atoms with Gasteiger partial charge in [0.25, 0.3) is 0 Å². The molecule has 2 amide bonds. The molecular formula is C26H36FN5O3S. The van der Waals surface area contributed by atoms with E-state index in [9.17, 15) is 13.2 Å². The van der Waals surface area contributed by atoms with Crippen molar-refractivity contribution in [2.24, 2.45) is 0 Å². The Morgan fingerprint density at radius 1 is 1.06 bits per heavy atom. The zero-order valence-corrected chi connectivity index (χ0v) is 22.3. The van der Waals surface area contributed by atoms with Gasteiger partial charge in [-0.15, -0.1) is 0 Å². The third-order valence-corrected chi connectivity index (χ3v) is 9.15. The highest BCUT2D eigenvalue weighted by atomic mass is 32.2. The van der Waals surface area contributed by atoms with Crippen LogP contribution in [-0.4, -0.2) is 88.0 Å². The average molecular weight is 518 g/mol. The molecule has 2 aliphatic rings. The minimum absolute atomic E-state index is 0.0520. The van der Waals surface area contributed by atoms with Crippen LogP contribution in [0.25, 0.3) is 0 Å². The Hall–Kier alpha value is -2.69. The van der Waals surface area contributed by atoms with Crippen molar-refractivity contribution < 1.29 is 17.6 Å². The fourth-order valence-electron chi connectivity index (χ4n) is 4.81. The Balaban J connectivity index is 1.58. The predicted molar refractivity (Wildman–Crippen MR) is 141 cm³/mol. The number of aryl methyl sites for hydroxylation is 1. The van der Waals surface area contributed by atoms with E-state index in [0.717, 1.165) is 37.4 Å². The molecule has 2 aromatic rings. The summed E-state index contributed by atoms with van der Waals surface area (Å²) in [6.45, 7) is 9.34. The van der Waals surface area contributed by atoms with E-state index in [-0.39, 0.29) is 18.0 Å². The van der Waals surface area contributed by atoms with Crippen molar-refractivity contribution in [1.82, 2.24) is 14.1 Å². The number of piperazine rings is 1. The van der Waals surface area contributed by atoms with E-state index in [2.05, 4.69) is 22.2 Å². The van der Waals surface area contributed by atoms with Crippen LogP contribution in [0.3, 0.4) is 0 Å². The molecule has 0 aliphatic carbocycles. The monoisotopic (exact) mass is 517 g/mol. The van der Waals surface area contributed by atoms with Crippen LogP contribution in [0.4, 0.5) is 20.6 Å². The molecule has 0 unspecified atom stereocenters. The highest BCUT2D eigenvalue weighted by Crippen LogP contribution is 2.38. The number of rotatable bonds is 7. The van der Waals surface area contributed by atoms with Crippen molar-refractivity contribution in [3.8, 4) is 0 Å². The number of amides is 2. The molecule has 8 nitrogen and oxygen atoms in total. The van der Waals surface area contributed by atoms with Crippen LogP contribution >= 0.6 is 0 Å². The van der Waals surface area contributed by atoms with Crippen LogP contribution in [0.2, 0.25) is 0 Å². The van der Waals surface area contributed by atoms with Crippen molar-refractivity contribution in [3.05, 3.63) is 53.6 Å². The van der Waals surface area contributed by atoms with Crippen molar-refractivity contribution in [2.75, 3.05) is 69.6 Å². The van der Waals surface area contributed by atoms with Gasteiger partial charge in [0.15, 0.2) is 5.67 Å². The van der Waals surface area contributed by atoms with E-state index in [1.165, 1.54) is 15.3 Å². The summed E-state index contributed by atoms with van der Waals surface area (Å²) in [5.74, 6) is 0. The lowest BCUT2D eigenvalue weighted by molar-refractivity contribution is -0.00531. The molecule has 0 aromatic heterocycles. The van der Waals surface area contributed by atoms with Gasteiger partial charge in [0.05, 0.1) is 29.4 Å². The second-order valence-corrected chi connectivity index (χ2v) is 11.6. The zero-order chi connectivity index (χ0) is 26.1. The van der Waals surface area contributed by atoms with Gasteiger partial charge in [-0.05, 0) is 37.7 Å². The molecule has 2 aromatic carbocycles. The van der Waals surface area contributed by atoms with E-state index in [1.54, 1.807) is 32.0 Å². The lowest BCUT2D eigenvalue weighted by atomic mass is 9.87. The summed E-state index contributed by atoms with van der Waals surface area (Å²) < 4.78 is 43.2. The molecule has 1 N–H and O–H groups in total. The standard InChI is InChI=1S/C26H36FN5O3S/c1-5-32(6-2)36(34,35)22-10-11-24(30-14-12-29(4)13-15-30)23(17-22)28-25(33)31-18-26(27,19-31)21-9-7-8-20(3)16-21/h7-11,16-17H,5-6,12-15,18-19H2,1-4H3,(H,28,33). The number of benzene rings is 2. The second-order valence-electron chi connectivity index (χ2n) is 9.68. The normalized spacial score (nSPS) is 18.3. The number of urea groups is 1. The summed E-state index contributed by atoms with van der Waals surface area (Å²) in [5.41, 5.74) is 1.13. The van der Waals surface area contributed by atoms with Crippen molar-refractivity contribution in [3.63, 3.8) is 0 Å². The fraction of sp³-hybridized carbons (Fsp3) is 0.500. The van der Waals surface area contributed by atoms with E-state index in [0.29, 0.717) is 24.3 Å². The van der Waals surface area contributed by atoms with Gasteiger partial charge in [-0.3, -0.25) is 0 Å². The minimum atomic E-state index is -3.70. The maximum atomic E-state index is 15.4. The maximum Gasteiger partial charge on any atom is 0.322 e. The topological polar surface area (TPSA) is 76.2 Å². The molecular weight excluding hydrogens is 481 g/mol. The summed E-state index contributed by atoms with van der Waals surface area (Å²) in [5, 5.41) is 2.89. The predicted octanol–water partition coefficient (Wildman–Crippen LogP) is 3.49. The number of hydrogen-bond acceptors (Lipinski definition) is 5. The Morgan fingerprint density at radius 3 is 2.33 bits per heavy atom. The first kappa shape index (κ1) is 26.4. The van der Waals surface area contributed by atoms with Gasteiger partial charge in [0, 0.05) is 39.3 Å². The SMILES string of the molecule is CCN(CC)S(=O)(=O)c1ccc(N2CCN(C)CC2)c(NC(=O)N2CC(F)(c3cccc(C)c3)C2)c1. The fourth-order valence-corrected chi connectivity index (χ4v) is 6.30. The molecule has 196 valence electrons. The van der Waals surface area contributed by atoms with Crippen LogP contribution in [0.5, 0.6) is 0 Å². The first-order chi connectivity index (χ1) is 17.1. The Bertz CT molecular complexity index is 1200. The quantitative estimate of drug-likeness (QED) is 0.609. The number of hydrogen-bond donors (Lipinski definition) is 1. The van der Waals surface area contributed by atoms with E-state index >= 15 is 4.39 Å². The number of carbonyl (C=O) groups is 1. The molecule has 0 saturated carbocycles. The van der Waals surface area contributed by atoms with Crippen molar-refractivity contribution in [2.45, 2.75) is 31.3 Å². The van der Waals surface area contributed by atoms with Crippen LogP contribution in [-0.2, 0) is 15.7 Å². The summed E-state index contributed by atoms with van der Waals surface area (Å²) >= 11 is 0. The number of nitrogens with zero attached hydrogens (tertiary/aromatic N) is 4. The van der Waals surface area contributed by atoms with Crippen LogP contribution < -0.4 is 10.2 Å². The van der Waals surface area contributed by atoms with Gasteiger partial charge >= 0.3 is 6.03 Å². The molecule has 2 saturated heterocycles. The summed E-state index contributed by atoms with van der Waals surface area (Å²) in [4.78, 5) is 19.0. The molecule has 2 fully saturated rings. The zero-order valence-electron chi connectivity index (χ0n) is 21.5. The number of likely N-dealkylation sites (tertiary alicyclic amines) is 1. The molecule has 36 heavy (non-hydrogen) atoms. The van der Waals surface area contributed by atoms with Gasteiger partial charge in [-0.25, -0.2) is 17.6 Å². The first-order valence-electron chi connectivity index (χ1n) is 12.5. The lowest BCUT2D eigenvalue weighted by Gasteiger charge is -2.44. The van der Waals surface area contributed by atoms with E-state index in [4.69, 9.17) is 0 Å². The highest BCUT2D eigenvalue weighted by Gasteiger charge is 2.47. The smallest absolute Gasteiger partial charge is 0.322 e. The molecule has 2 aliphatic heterocycles. The number of nitrogens with one attached hydrogen (secondary N) is 1. The summed E-state index contributed by atoms with van der Waals surface area (Å²) in [7, 11) is -1.65. The molecule has 10 heteroatoms. The van der Waals surface area contributed by atoms with Crippen LogP contribution in [0, 0.1) is 6.92 Å². The molecule has 4 rings (SSSR count). The van der Waals surface area contributed by atoms with Gasteiger partial charge in [0.2, 0.25) is 10.0 Å². The van der Waals surface area contributed by atoms with Crippen LogP contribution in [0.1, 0.15) is 25.0 Å². The third kappa shape index (κ3) is 5.21. The number of likely N-dealkylation sites (N-methyl/N-ethyl adjacent to an activating group) is 1. The average Bonchev–Trinajstić information content (AvgIpc) is 2.83. The second kappa shape index (κ2) is 10.4. The number of alkyl halides is 1. The number of halogens is 1. The largest absolute Gasteiger partial charge is 0.367 e. The van der Waals surface area contributed by atoms with Gasteiger partial charge in [-0.1, -0.05) is 43.7 Å². The Morgan fingerprint density at radius 2 is 1.72 bits per heavy atom. The summed E-state index contributed by atoms with van der Waals surface area (Å²) in [6.07, 6.45) is 0. The van der Waals surface area contributed by atoms with E-state index in [1.807, 2.05) is 25.1 Å². The first-order valence-corrected chi connectivity index (χ1v) is 13.9. The molecule has 2 heterocycles. The Kier molecular flexibility index (Phi) is 7.59. The van der Waals surface area contributed by atoms with E-state index < -0.39 is 21.7 Å². The minimum Gasteiger partial charge on any atom is -0.367 e. The van der Waals surface area contributed by atoms with Gasteiger partial charge in [-0.2, -0.15) is 4.31 Å². The number of sulfonamides is 1. The Labute approximate surface area is 213 Å². The lowest BCUT2D eigenvalue weighted by Crippen LogP contribution is -2.60. The third-order valence-electron chi connectivity index (χ3n) is 7.10. The van der Waals surface area contributed by atoms with Crippen molar-refractivity contribution >= 4 is 27.4 Å². The molecule has 0 radical (unpaired) electrons. The number of anilines is 2. The molecule has 0 bridgehead atoms. The number of carbonyl (C=O) groups excluding carboxylic acids is 1. The van der Waals surface area contributed by atoms with Gasteiger partial charge in [0.1, 0.15) is 0 Å².